The van der Waals surface area contributed by atoms with Crippen LogP contribution in [0.3, 0.4) is 0 Å². The molecule has 2 aliphatic heterocycles. The molecule has 0 aliphatic carbocycles. The Bertz CT molecular complexity index is 464. The molecule has 2 aliphatic rings. The summed E-state index contributed by atoms with van der Waals surface area (Å²) in [4.78, 5) is 13.9. The Morgan fingerprint density at radius 2 is 2.12 bits per heavy atom. The lowest BCUT2D eigenvalue weighted by Crippen LogP contribution is -2.45. The Balaban J connectivity index is 2.08. The molecule has 1 aromatic carbocycles. The fraction of sp³-hybridized carbons (Fsp3) is 0.357. The zero-order chi connectivity index (χ0) is 11.1. The number of nitrogens with zero attached hydrogens (tertiary/aromatic N) is 1. The Morgan fingerprint density at radius 1 is 1.31 bits per heavy atom. The smallest absolute Gasteiger partial charge is 0.162 e. The first-order chi connectivity index (χ1) is 7.77. The van der Waals surface area contributed by atoms with Gasteiger partial charge in [0.05, 0.1) is 0 Å². The number of para-hydroxylation sites is 1. The highest BCUT2D eigenvalue weighted by Gasteiger charge is 2.34. The van der Waals surface area contributed by atoms with Gasteiger partial charge in [-0.15, -0.1) is 0 Å². The second-order valence-electron chi connectivity index (χ2n) is 4.65. The number of benzene rings is 1. The Hall–Kier alpha value is -1.57. The zero-order valence-corrected chi connectivity index (χ0v) is 9.39. The third-order valence-corrected chi connectivity index (χ3v) is 3.76. The monoisotopic (exact) mass is 213 g/mol. The van der Waals surface area contributed by atoms with Gasteiger partial charge in [-0.2, -0.15) is 0 Å². The summed E-state index contributed by atoms with van der Waals surface area (Å²) in [6.07, 6.45) is 5.82. The van der Waals surface area contributed by atoms with Crippen molar-refractivity contribution in [2.24, 2.45) is 5.92 Å². The van der Waals surface area contributed by atoms with Gasteiger partial charge in [-0.05, 0) is 30.5 Å². The first kappa shape index (κ1) is 9.64. The quantitative estimate of drug-likeness (QED) is 0.660. The number of carbonyl (C=O) groups excluding carboxylic acids is 1. The first-order valence-corrected chi connectivity index (χ1v) is 5.85. The maximum atomic E-state index is 11.6. The van der Waals surface area contributed by atoms with Crippen molar-refractivity contribution >= 4 is 11.5 Å². The van der Waals surface area contributed by atoms with Crippen molar-refractivity contribution in [3.8, 4) is 0 Å². The largest absolute Gasteiger partial charge is 0.344 e. The third-order valence-electron chi connectivity index (χ3n) is 3.76. The number of carbonyl (C=O) groups is 1. The van der Waals surface area contributed by atoms with Crippen LogP contribution in [0.1, 0.15) is 18.9 Å². The average molecular weight is 213 g/mol. The van der Waals surface area contributed by atoms with Gasteiger partial charge in [-0.1, -0.05) is 25.1 Å². The molecule has 0 bridgehead atoms. The lowest BCUT2D eigenvalue weighted by atomic mass is 9.84. The van der Waals surface area contributed by atoms with E-state index in [1.807, 2.05) is 13.1 Å². The van der Waals surface area contributed by atoms with E-state index in [4.69, 9.17) is 0 Å². The summed E-state index contributed by atoms with van der Waals surface area (Å²) in [5.41, 5.74) is 2.67. The first-order valence-electron chi connectivity index (χ1n) is 5.85. The minimum absolute atomic E-state index is 0.123. The molecule has 0 amide bonds. The van der Waals surface area contributed by atoms with Crippen LogP contribution in [0.25, 0.3) is 0 Å². The van der Waals surface area contributed by atoms with Crippen LogP contribution in [-0.4, -0.2) is 11.8 Å². The Morgan fingerprint density at radius 3 is 3.00 bits per heavy atom. The molecule has 3 rings (SSSR count). The predicted molar refractivity (Wildman–Crippen MR) is 64.3 cm³/mol. The van der Waals surface area contributed by atoms with Crippen molar-refractivity contribution in [2.45, 2.75) is 25.8 Å². The van der Waals surface area contributed by atoms with Gasteiger partial charge in [-0.3, -0.25) is 4.79 Å². The molecule has 0 saturated heterocycles. The molecule has 82 valence electrons. The Kier molecular flexibility index (Phi) is 2.10. The van der Waals surface area contributed by atoms with Crippen LogP contribution >= 0.6 is 0 Å². The molecule has 16 heavy (non-hydrogen) atoms. The van der Waals surface area contributed by atoms with Crippen molar-refractivity contribution in [1.82, 2.24) is 0 Å². The molecular formula is C14H15NO. The van der Waals surface area contributed by atoms with Crippen molar-refractivity contribution in [3.63, 3.8) is 0 Å². The summed E-state index contributed by atoms with van der Waals surface area (Å²) in [5, 5.41) is 0. The van der Waals surface area contributed by atoms with E-state index in [1.54, 1.807) is 6.08 Å². The minimum atomic E-state index is 0.123. The number of allylic oxidation sites excluding steroid dienone is 1. The number of aryl methyl sites for hydroxylation is 1. The molecular weight excluding hydrogens is 198 g/mol. The van der Waals surface area contributed by atoms with Gasteiger partial charge < -0.3 is 4.90 Å². The molecule has 0 fully saturated rings. The summed E-state index contributed by atoms with van der Waals surface area (Å²) >= 11 is 0. The summed E-state index contributed by atoms with van der Waals surface area (Å²) in [6, 6.07) is 8.83. The molecule has 2 heterocycles. The van der Waals surface area contributed by atoms with E-state index in [1.165, 1.54) is 11.3 Å². The highest BCUT2D eigenvalue weighted by molar-refractivity contribution is 5.94. The van der Waals surface area contributed by atoms with Crippen LogP contribution in [0, 0.1) is 5.92 Å². The second kappa shape index (κ2) is 3.48. The van der Waals surface area contributed by atoms with Crippen LogP contribution < -0.4 is 4.90 Å². The number of anilines is 1. The maximum absolute atomic E-state index is 11.6. The average Bonchev–Trinajstić information content (AvgIpc) is 2.33. The fourth-order valence-electron chi connectivity index (χ4n) is 2.77. The van der Waals surface area contributed by atoms with Gasteiger partial charge in [0.2, 0.25) is 0 Å². The summed E-state index contributed by atoms with van der Waals surface area (Å²) in [7, 11) is 0. The van der Waals surface area contributed by atoms with Crippen LogP contribution in [-0.2, 0) is 11.2 Å². The molecule has 0 saturated carbocycles. The topological polar surface area (TPSA) is 20.3 Å². The Labute approximate surface area is 95.6 Å². The van der Waals surface area contributed by atoms with Gasteiger partial charge >= 0.3 is 0 Å². The van der Waals surface area contributed by atoms with Gasteiger partial charge in [0.25, 0.3) is 0 Å². The van der Waals surface area contributed by atoms with Gasteiger partial charge in [0.1, 0.15) is 0 Å². The van der Waals surface area contributed by atoms with Crippen LogP contribution in [0.4, 0.5) is 5.69 Å². The number of hydrogen-bond donors (Lipinski definition) is 0. The van der Waals surface area contributed by atoms with Crippen molar-refractivity contribution < 1.29 is 4.79 Å². The minimum Gasteiger partial charge on any atom is -0.344 e. The summed E-state index contributed by atoms with van der Waals surface area (Å²) in [5.74, 6) is 0.388. The van der Waals surface area contributed by atoms with Crippen LogP contribution in [0.2, 0.25) is 0 Å². The highest BCUT2D eigenvalue weighted by atomic mass is 16.1. The van der Waals surface area contributed by atoms with E-state index < -0.39 is 0 Å². The summed E-state index contributed by atoms with van der Waals surface area (Å²) < 4.78 is 0. The van der Waals surface area contributed by atoms with Crippen molar-refractivity contribution in [3.05, 3.63) is 42.1 Å². The second-order valence-corrected chi connectivity index (χ2v) is 4.65. The number of hydrogen-bond acceptors (Lipinski definition) is 2. The van der Waals surface area contributed by atoms with E-state index in [2.05, 4.69) is 29.2 Å². The molecule has 0 aromatic heterocycles. The lowest BCUT2D eigenvalue weighted by molar-refractivity contribution is -0.118. The third kappa shape index (κ3) is 1.29. The molecule has 2 heteroatoms. The van der Waals surface area contributed by atoms with Gasteiger partial charge in [0.15, 0.2) is 5.78 Å². The van der Waals surface area contributed by atoms with E-state index in [-0.39, 0.29) is 11.7 Å². The van der Waals surface area contributed by atoms with E-state index in [0.29, 0.717) is 6.04 Å². The van der Waals surface area contributed by atoms with Crippen LogP contribution in [0.15, 0.2) is 36.5 Å². The van der Waals surface area contributed by atoms with E-state index in [9.17, 15) is 4.79 Å². The molecule has 0 radical (unpaired) electrons. The standard InChI is InChI=1S/C14H15NO/c1-10-12-7-6-11-4-2-3-5-13(11)15(12)9-8-14(10)16/h2-5,8-10,12H,6-7H2,1H3/t10-,12+/m0/s1. The lowest BCUT2D eigenvalue weighted by Gasteiger charge is -2.41. The molecule has 0 spiro atoms. The summed E-state index contributed by atoms with van der Waals surface area (Å²) in [6.45, 7) is 2.04. The predicted octanol–water partition coefficient (Wildman–Crippen LogP) is 2.54. The molecule has 0 unspecified atom stereocenters. The molecule has 0 N–H and O–H groups in total. The van der Waals surface area contributed by atoms with Crippen LogP contribution in [0.5, 0.6) is 0 Å². The molecule has 2 nitrogen and oxygen atoms in total. The number of fused-ring (bicyclic) bond motifs is 3. The number of rotatable bonds is 0. The highest BCUT2D eigenvalue weighted by Crippen LogP contribution is 2.35. The van der Waals surface area contributed by atoms with E-state index in [0.717, 1.165) is 12.8 Å². The fourth-order valence-corrected chi connectivity index (χ4v) is 2.77. The maximum Gasteiger partial charge on any atom is 0.162 e. The van der Waals surface area contributed by atoms with Gasteiger partial charge in [0, 0.05) is 23.8 Å². The SMILES string of the molecule is C[C@@H]1C(=O)C=CN2c3ccccc3CC[C@H]12. The normalized spacial score (nSPS) is 27.6. The van der Waals surface area contributed by atoms with Crippen molar-refractivity contribution in [2.75, 3.05) is 4.90 Å². The zero-order valence-electron chi connectivity index (χ0n) is 9.39. The molecule has 1 aromatic rings. The van der Waals surface area contributed by atoms with E-state index >= 15 is 0 Å². The van der Waals surface area contributed by atoms with Crippen molar-refractivity contribution in [1.29, 1.82) is 0 Å². The van der Waals surface area contributed by atoms with Gasteiger partial charge in [-0.25, -0.2) is 0 Å². The molecule has 2 atom stereocenters. The number of ketones is 1.